The minimum absolute atomic E-state index is 0.00993. The van der Waals surface area contributed by atoms with Crippen LogP contribution in [0.15, 0.2) is 59.5 Å². The van der Waals surface area contributed by atoms with E-state index >= 15 is 0 Å². The Morgan fingerprint density at radius 3 is 2.66 bits per heavy atom. The van der Waals surface area contributed by atoms with Gasteiger partial charge >= 0.3 is 6.09 Å². The molecule has 3 aromatic heterocycles. The van der Waals surface area contributed by atoms with Gasteiger partial charge in [-0.1, -0.05) is 12.1 Å². The molecule has 0 spiro atoms. The molecule has 41 heavy (non-hydrogen) atoms. The Hall–Kier alpha value is -5.02. The molecular weight excluding hydrogens is 526 g/mol. The predicted octanol–water partition coefficient (Wildman–Crippen LogP) is 4.69. The second-order valence-corrected chi connectivity index (χ2v) is 10.7. The predicted molar refractivity (Wildman–Crippen MR) is 148 cm³/mol. The molecule has 210 valence electrons. The molecule has 4 aromatic rings. The maximum absolute atomic E-state index is 13.0. The standard InChI is InChI=1S/C29H29N7O5/c1-29(2,3)41-28(39)35(14-18-4-5-18)25-12-20(10-11-31-25)27-33-24(17-40-27)26(38)32-23-15-36(34-22(23)13-30)21-8-6-19(16-37)7-9-21/h6-12,15,17-18,37H,4-5,14,16H2,1-3H3,(H,32,38). The first-order chi connectivity index (χ1) is 19.6. The fraction of sp³-hybridized carbons (Fsp3) is 0.310. The quantitative estimate of drug-likeness (QED) is 0.314. The Balaban J connectivity index is 1.34. The van der Waals surface area contributed by atoms with Crippen LogP contribution in [-0.4, -0.2) is 49.0 Å². The summed E-state index contributed by atoms with van der Waals surface area (Å²) in [5.74, 6) is 0.359. The normalized spacial score (nSPS) is 13.0. The smallest absolute Gasteiger partial charge is 0.416 e. The summed E-state index contributed by atoms with van der Waals surface area (Å²) >= 11 is 0. The molecule has 2 N–H and O–H groups in total. The zero-order valence-electron chi connectivity index (χ0n) is 22.9. The number of pyridine rings is 1. The molecule has 3 heterocycles. The first kappa shape index (κ1) is 27.5. The third-order valence-corrected chi connectivity index (χ3v) is 6.21. The molecule has 1 aliphatic rings. The van der Waals surface area contributed by atoms with Gasteiger partial charge in [0.05, 0.1) is 24.2 Å². The van der Waals surface area contributed by atoms with Gasteiger partial charge in [0.1, 0.15) is 23.8 Å². The van der Waals surface area contributed by atoms with E-state index in [9.17, 15) is 20.0 Å². The zero-order valence-corrected chi connectivity index (χ0v) is 22.9. The van der Waals surface area contributed by atoms with Crippen molar-refractivity contribution in [3.05, 3.63) is 72.0 Å². The minimum atomic E-state index is -0.659. The van der Waals surface area contributed by atoms with Gasteiger partial charge in [0.15, 0.2) is 11.4 Å². The lowest BCUT2D eigenvalue weighted by molar-refractivity contribution is 0.0577. The van der Waals surface area contributed by atoms with E-state index in [1.807, 2.05) is 26.8 Å². The van der Waals surface area contributed by atoms with Crippen LogP contribution < -0.4 is 10.2 Å². The van der Waals surface area contributed by atoms with Crippen molar-refractivity contribution < 1.29 is 23.8 Å². The van der Waals surface area contributed by atoms with Gasteiger partial charge in [-0.15, -0.1) is 0 Å². The molecule has 12 heteroatoms. The number of nitrogens with zero attached hydrogens (tertiary/aromatic N) is 6. The van der Waals surface area contributed by atoms with Crippen molar-refractivity contribution in [3.63, 3.8) is 0 Å². The molecular formula is C29H29N7O5. The highest BCUT2D eigenvalue weighted by molar-refractivity contribution is 6.03. The van der Waals surface area contributed by atoms with Crippen molar-refractivity contribution >= 4 is 23.5 Å². The lowest BCUT2D eigenvalue weighted by atomic mass is 10.2. The third-order valence-electron chi connectivity index (χ3n) is 6.21. The first-order valence-corrected chi connectivity index (χ1v) is 13.1. The second-order valence-electron chi connectivity index (χ2n) is 10.7. The van der Waals surface area contributed by atoms with Crippen molar-refractivity contribution in [2.24, 2.45) is 5.92 Å². The SMILES string of the molecule is CC(C)(C)OC(=O)N(CC1CC1)c1cc(-c2nc(C(=O)Nc3cn(-c4ccc(CO)cc4)nc3C#N)co2)ccn1. The number of nitrogens with one attached hydrogen (secondary N) is 1. The highest BCUT2D eigenvalue weighted by atomic mass is 16.6. The van der Waals surface area contributed by atoms with Crippen molar-refractivity contribution in [2.45, 2.75) is 45.8 Å². The number of aliphatic hydroxyl groups is 1. The number of hydrogen-bond donors (Lipinski definition) is 2. The van der Waals surface area contributed by atoms with Crippen LogP contribution in [0.4, 0.5) is 16.3 Å². The fourth-order valence-electron chi connectivity index (χ4n) is 3.97. The zero-order chi connectivity index (χ0) is 29.1. The van der Waals surface area contributed by atoms with Crippen LogP contribution in [-0.2, 0) is 11.3 Å². The molecule has 1 saturated carbocycles. The molecule has 0 bridgehead atoms. The maximum Gasteiger partial charge on any atom is 0.416 e. The van der Waals surface area contributed by atoms with E-state index in [4.69, 9.17) is 9.15 Å². The average molecular weight is 556 g/mol. The van der Waals surface area contributed by atoms with E-state index in [2.05, 4.69) is 20.4 Å². The van der Waals surface area contributed by atoms with Gasteiger partial charge in [-0.05, 0) is 69.4 Å². The van der Waals surface area contributed by atoms with E-state index in [0.717, 1.165) is 18.4 Å². The number of rotatable bonds is 8. The molecule has 1 aliphatic carbocycles. The molecule has 0 aliphatic heterocycles. The monoisotopic (exact) mass is 555 g/mol. The largest absolute Gasteiger partial charge is 0.444 e. The summed E-state index contributed by atoms with van der Waals surface area (Å²) in [5, 5.41) is 25.7. The summed E-state index contributed by atoms with van der Waals surface area (Å²) in [4.78, 5) is 36.1. The number of oxazole rings is 1. The van der Waals surface area contributed by atoms with E-state index in [1.54, 1.807) is 42.6 Å². The number of carbonyl (C=O) groups excluding carboxylic acids is 2. The Labute approximate surface area is 236 Å². The molecule has 1 fully saturated rings. The summed E-state index contributed by atoms with van der Waals surface area (Å²) in [6.07, 6.45) is 5.87. The Kier molecular flexibility index (Phi) is 7.54. The number of ether oxygens (including phenoxy) is 1. The maximum atomic E-state index is 13.0. The van der Waals surface area contributed by atoms with Gasteiger partial charge in [-0.25, -0.2) is 19.4 Å². The van der Waals surface area contributed by atoms with Gasteiger partial charge in [0.2, 0.25) is 5.89 Å². The minimum Gasteiger partial charge on any atom is -0.444 e. The Morgan fingerprint density at radius 2 is 2.00 bits per heavy atom. The first-order valence-electron chi connectivity index (χ1n) is 13.1. The van der Waals surface area contributed by atoms with E-state index < -0.39 is 17.6 Å². The molecule has 12 nitrogen and oxygen atoms in total. The summed E-state index contributed by atoms with van der Waals surface area (Å²) in [6, 6.07) is 12.3. The number of hydrogen-bond acceptors (Lipinski definition) is 9. The molecule has 2 amide bonds. The summed E-state index contributed by atoms with van der Waals surface area (Å²) < 4.78 is 12.6. The highest BCUT2D eigenvalue weighted by Crippen LogP contribution is 2.33. The molecule has 0 saturated heterocycles. The molecule has 0 atom stereocenters. The number of nitriles is 1. The summed E-state index contributed by atoms with van der Waals surface area (Å²) in [7, 11) is 0. The van der Waals surface area contributed by atoms with Crippen LogP contribution in [0.3, 0.4) is 0 Å². The van der Waals surface area contributed by atoms with Crippen LogP contribution in [0.25, 0.3) is 17.1 Å². The van der Waals surface area contributed by atoms with Crippen molar-refractivity contribution in [1.82, 2.24) is 19.7 Å². The molecule has 5 rings (SSSR count). The molecule has 0 unspecified atom stereocenters. The van der Waals surface area contributed by atoms with Crippen LogP contribution in [0, 0.1) is 17.2 Å². The van der Waals surface area contributed by atoms with Crippen molar-refractivity contribution in [3.8, 4) is 23.2 Å². The average Bonchev–Trinajstić information content (AvgIpc) is 3.47. The summed E-state index contributed by atoms with van der Waals surface area (Å²) in [5.41, 5.74) is 1.46. The summed E-state index contributed by atoms with van der Waals surface area (Å²) in [6.45, 7) is 5.83. The van der Waals surface area contributed by atoms with Crippen LogP contribution in [0.5, 0.6) is 0 Å². The van der Waals surface area contributed by atoms with Crippen molar-refractivity contribution in [2.75, 3.05) is 16.8 Å². The van der Waals surface area contributed by atoms with Gasteiger partial charge in [-0.2, -0.15) is 10.4 Å². The molecule has 0 radical (unpaired) electrons. The molecule has 1 aromatic carbocycles. The van der Waals surface area contributed by atoms with E-state index in [-0.39, 0.29) is 29.6 Å². The highest BCUT2D eigenvalue weighted by Gasteiger charge is 2.31. The lowest BCUT2D eigenvalue weighted by Gasteiger charge is -2.27. The van der Waals surface area contributed by atoms with E-state index in [0.29, 0.717) is 29.5 Å². The Bertz CT molecular complexity index is 1610. The number of aromatic nitrogens is 4. The van der Waals surface area contributed by atoms with Crippen LogP contribution in [0.2, 0.25) is 0 Å². The lowest BCUT2D eigenvalue weighted by Crippen LogP contribution is -2.38. The van der Waals surface area contributed by atoms with Gasteiger partial charge in [-0.3, -0.25) is 9.69 Å². The van der Waals surface area contributed by atoms with Gasteiger partial charge < -0.3 is 19.6 Å². The number of amides is 2. The number of aliphatic hydroxyl groups excluding tert-OH is 1. The van der Waals surface area contributed by atoms with Gasteiger partial charge in [0, 0.05) is 18.3 Å². The second kappa shape index (κ2) is 11.2. The van der Waals surface area contributed by atoms with Gasteiger partial charge in [0.25, 0.3) is 5.91 Å². The number of anilines is 2. The number of benzene rings is 1. The van der Waals surface area contributed by atoms with Crippen LogP contribution in [0.1, 0.15) is 55.4 Å². The Morgan fingerprint density at radius 1 is 1.24 bits per heavy atom. The van der Waals surface area contributed by atoms with Crippen LogP contribution >= 0.6 is 0 Å². The van der Waals surface area contributed by atoms with E-state index in [1.165, 1.54) is 22.0 Å². The fourth-order valence-corrected chi connectivity index (χ4v) is 3.97. The van der Waals surface area contributed by atoms with Crippen molar-refractivity contribution in [1.29, 1.82) is 5.26 Å². The topological polar surface area (TPSA) is 159 Å². The third kappa shape index (κ3) is 6.59. The number of carbonyl (C=O) groups is 2.